The van der Waals surface area contributed by atoms with Gasteiger partial charge in [-0.15, -0.1) is 0 Å². The first-order chi connectivity index (χ1) is 14.8. The molecule has 1 aromatic carbocycles. The topological polar surface area (TPSA) is 78.7 Å². The number of anilines is 1. The van der Waals surface area contributed by atoms with Crippen LogP contribution in [0.25, 0.3) is 0 Å². The number of para-hydroxylation sites is 1. The van der Waals surface area contributed by atoms with Crippen LogP contribution in [-0.2, 0) is 9.59 Å². The summed E-state index contributed by atoms with van der Waals surface area (Å²) < 4.78 is 0. The first-order valence-corrected chi connectivity index (χ1v) is 11.9. The number of hydrogen-bond acceptors (Lipinski definition) is 4. The summed E-state index contributed by atoms with van der Waals surface area (Å²) in [6.07, 6.45) is 4.94. The number of carbonyl (C=O) groups excluding carboxylic acids is 2. The van der Waals surface area contributed by atoms with Gasteiger partial charge in [0.25, 0.3) is 0 Å². The number of nitrogens with one attached hydrogen (secondary N) is 1. The fraction of sp³-hybridized carbons (Fsp3) is 0.680. The fourth-order valence-corrected chi connectivity index (χ4v) is 7.20. The van der Waals surface area contributed by atoms with E-state index in [0.717, 1.165) is 58.3 Å². The van der Waals surface area contributed by atoms with E-state index in [1.807, 2.05) is 6.07 Å². The molecule has 5 aliphatic rings. The molecule has 6 heteroatoms. The molecule has 5 fully saturated rings. The summed E-state index contributed by atoms with van der Waals surface area (Å²) in [5.74, 6) is 1.42. The smallest absolute Gasteiger partial charge is 0.240 e. The number of piperazine rings is 1. The van der Waals surface area contributed by atoms with Gasteiger partial charge in [-0.05, 0) is 75.8 Å². The molecule has 0 spiro atoms. The summed E-state index contributed by atoms with van der Waals surface area (Å²) in [6.45, 7) is 7.72. The van der Waals surface area contributed by atoms with Crippen LogP contribution >= 0.6 is 0 Å². The lowest BCUT2D eigenvalue weighted by molar-refractivity contribution is -0.149. The summed E-state index contributed by atoms with van der Waals surface area (Å²) in [6, 6.07) is 10.7. The van der Waals surface area contributed by atoms with E-state index in [9.17, 15) is 9.59 Å². The molecule has 1 heterocycles. The van der Waals surface area contributed by atoms with Crippen molar-refractivity contribution >= 4 is 17.5 Å². The number of primary amides is 1. The number of nitrogens with zero attached hydrogens (tertiary/aromatic N) is 2. The number of amides is 2. The Balaban J connectivity index is 1.22. The predicted molar refractivity (Wildman–Crippen MR) is 121 cm³/mol. The Morgan fingerprint density at radius 2 is 1.61 bits per heavy atom. The predicted octanol–water partition coefficient (Wildman–Crippen LogP) is 2.38. The summed E-state index contributed by atoms with van der Waals surface area (Å²) in [5, 5.41) is 3.45. The summed E-state index contributed by atoms with van der Waals surface area (Å²) in [7, 11) is 0. The number of benzene rings is 1. The van der Waals surface area contributed by atoms with Crippen molar-refractivity contribution in [2.45, 2.75) is 57.5 Å². The quantitative estimate of drug-likeness (QED) is 0.761. The minimum Gasteiger partial charge on any atom is -0.369 e. The van der Waals surface area contributed by atoms with Gasteiger partial charge in [0, 0.05) is 43.3 Å². The van der Waals surface area contributed by atoms with Crippen LogP contribution in [0.15, 0.2) is 30.3 Å². The van der Waals surface area contributed by atoms with Crippen LogP contribution in [-0.4, -0.2) is 54.5 Å². The van der Waals surface area contributed by atoms with Crippen LogP contribution in [0.4, 0.5) is 5.69 Å². The molecule has 0 radical (unpaired) electrons. The summed E-state index contributed by atoms with van der Waals surface area (Å²) in [4.78, 5) is 30.4. The molecule has 3 N–H and O–H groups in total. The molecule has 2 unspecified atom stereocenters. The first kappa shape index (κ1) is 20.8. The third-order valence-corrected chi connectivity index (χ3v) is 8.84. The van der Waals surface area contributed by atoms with E-state index in [1.54, 1.807) is 0 Å². The van der Waals surface area contributed by atoms with Crippen LogP contribution in [0, 0.1) is 23.2 Å². The van der Waals surface area contributed by atoms with Crippen LogP contribution in [0.3, 0.4) is 0 Å². The number of nitrogens with two attached hydrogens (primary N) is 1. The molecule has 6 nitrogen and oxygen atoms in total. The van der Waals surface area contributed by atoms with E-state index >= 15 is 0 Å². The van der Waals surface area contributed by atoms with Gasteiger partial charge in [-0.1, -0.05) is 18.2 Å². The van der Waals surface area contributed by atoms with E-state index < -0.39 is 5.54 Å². The molecule has 1 aromatic rings. The second-order valence-corrected chi connectivity index (χ2v) is 11.0. The second kappa shape index (κ2) is 7.51. The molecule has 1 saturated heterocycles. The van der Waals surface area contributed by atoms with Crippen LogP contribution in [0.5, 0.6) is 0 Å². The largest absolute Gasteiger partial charge is 0.369 e. The lowest BCUT2D eigenvalue weighted by atomic mass is 9.47. The first-order valence-electron chi connectivity index (χ1n) is 11.9. The third kappa shape index (κ3) is 3.53. The van der Waals surface area contributed by atoms with E-state index in [4.69, 9.17) is 5.73 Å². The minimum absolute atomic E-state index is 0.117. The van der Waals surface area contributed by atoms with Gasteiger partial charge in [-0.3, -0.25) is 14.5 Å². The average Bonchev–Trinajstić information content (AvgIpc) is 2.76. The molecule has 4 aliphatic carbocycles. The highest BCUT2D eigenvalue weighted by atomic mass is 16.2. The minimum atomic E-state index is -0.543. The lowest BCUT2D eigenvalue weighted by Crippen LogP contribution is -2.66. The van der Waals surface area contributed by atoms with Crippen molar-refractivity contribution in [3.63, 3.8) is 0 Å². The standard InChI is InChI=1S/C25H36N4O2/c1-24(2,29-10-8-28(9-11-29)20-6-4-3-5-7-20)23(31)27-21-18-12-17-13-19(21)16-25(14-17,15-18)22(26)30/h3-7,17-19,21H,8-16H2,1-2H3,(H2,26,30)(H,27,31). The average molecular weight is 425 g/mol. The zero-order valence-corrected chi connectivity index (χ0v) is 18.8. The van der Waals surface area contributed by atoms with Crippen LogP contribution < -0.4 is 16.0 Å². The Kier molecular flexibility index (Phi) is 5.04. The zero-order chi connectivity index (χ0) is 21.8. The van der Waals surface area contributed by atoms with Crippen molar-refractivity contribution in [2.24, 2.45) is 28.9 Å². The van der Waals surface area contributed by atoms with Gasteiger partial charge in [-0.2, -0.15) is 0 Å². The Morgan fingerprint density at radius 1 is 1.00 bits per heavy atom. The Hall–Kier alpha value is -2.08. The second-order valence-electron chi connectivity index (χ2n) is 11.0. The molecule has 168 valence electrons. The molecule has 6 rings (SSSR count). The van der Waals surface area contributed by atoms with Gasteiger partial charge in [0.15, 0.2) is 0 Å². The van der Waals surface area contributed by atoms with Crippen molar-refractivity contribution < 1.29 is 9.59 Å². The van der Waals surface area contributed by atoms with Gasteiger partial charge in [0.2, 0.25) is 11.8 Å². The number of rotatable bonds is 5. The molecule has 4 saturated carbocycles. The van der Waals surface area contributed by atoms with E-state index in [0.29, 0.717) is 17.8 Å². The molecule has 2 amide bonds. The lowest BCUT2D eigenvalue weighted by Gasteiger charge is -2.59. The molecule has 0 aromatic heterocycles. The Labute approximate surface area is 185 Å². The highest BCUT2D eigenvalue weighted by molar-refractivity contribution is 5.86. The van der Waals surface area contributed by atoms with Gasteiger partial charge in [-0.25, -0.2) is 0 Å². The maximum Gasteiger partial charge on any atom is 0.240 e. The van der Waals surface area contributed by atoms with Crippen LogP contribution in [0.1, 0.15) is 46.0 Å². The summed E-state index contributed by atoms with van der Waals surface area (Å²) in [5.41, 5.74) is 6.23. The summed E-state index contributed by atoms with van der Waals surface area (Å²) >= 11 is 0. The van der Waals surface area contributed by atoms with Gasteiger partial charge < -0.3 is 16.0 Å². The molecular formula is C25H36N4O2. The van der Waals surface area contributed by atoms with Crippen molar-refractivity contribution in [1.82, 2.24) is 10.2 Å². The molecule has 1 aliphatic heterocycles. The maximum absolute atomic E-state index is 13.5. The van der Waals surface area contributed by atoms with Crippen molar-refractivity contribution in [3.8, 4) is 0 Å². The number of carbonyl (C=O) groups is 2. The fourth-order valence-electron chi connectivity index (χ4n) is 7.20. The highest BCUT2D eigenvalue weighted by Gasteiger charge is 2.58. The Morgan fingerprint density at radius 3 is 2.19 bits per heavy atom. The monoisotopic (exact) mass is 424 g/mol. The van der Waals surface area contributed by atoms with E-state index in [1.165, 1.54) is 5.69 Å². The van der Waals surface area contributed by atoms with Crippen molar-refractivity contribution in [2.75, 3.05) is 31.1 Å². The molecular weight excluding hydrogens is 388 g/mol. The van der Waals surface area contributed by atoms with Crippen molar-refractivity contribution in [1.29, 1.82) is 0 Å². The zero-order valence-electron chi connectivity index (χ0n) is 18.8. The Bertz CT molecular complexity index is 830. The SMILES string of the molecule is CC(C)(C(=O)NC1C2CC3CC1CC(C(N)=O)(C3)C2)N1CCN(c2ccccc2)CC1. The molecule has 2 atom stereocenters. The maximum atomic E-state index is 13.5. The molecule has 4 bridgehead atoms. The van der Waals surface area contributed by atoms with Gasteiger partial charge in [0.05, 0.1) is 5.54 Å². The van der Waals surface area contributed by atoms with Crippen LogP contribution in [0.2, 0.25) is 0 Å². The molecule has 31 heavy (non-hydrogen) atoms. The van der Waals surface area contributed by atoms with E-state index in [-0.39, 0.29) is 23.3 Å². The third-order valence-electron chi connectivity index (χ3n) is 8.84. The van der Waals surface area contributed by atoms with Gasteiger partial charge in [0.1, 0.15) is 0 Å². The van der Waals surface area contributed by atoms with E-state index in [2.05, 4.69) is 53.2 Å². The van der Waals surface area contributed by atoms with Crippen molar-refractivity contribution in [3.05, 3.63) is 30.3 Å². The number of hydrogen-bond donors (Lipinski definition) is 2. The highest BCUT2D eigenvalue weighted by Crippen LogP contribution is 2.60. The normalized spacial score (nSPS) is 35.2. The van der Waals surface area contributed by atoms with Gasteiger partial charge >= 0.3 is 0 Å².